The van der Waals surface area contributed by atoms with Gasteiger partial charge >= 0.3 is 0 Å². The van der Waals surface area contributed by atoms with Gasteiger partial charge in [0.1, 0.15) is 23.4 Å². The first kappa shape index (κ1) is 25.8. The van der Waals surface area contributed by atoms with Crippen molar-refractivity contribution in [3.05, 3.63) is 66.6 Å². The number of hydrogen-bond acceptors (Lipinski definition) is 8. The van der Waals surface area contributed by atoms with E-state index in [2.05, 4.69) is 30.3 Å². The van der Waals surface area contributed by atoms with E-state index >= 15 is 0 Å². The maximum atomic E-state index is 13.8. The van der Waals surface area contributed by atoms with Gasteiger partial charge in [0.15, 0.2) is 0 Å². The number of aryl methyl sites for hydroxylation is 1. The lowest BCUT2D eigenvalue weighted by atomic mass is 10.0. The molecule has 2 aromatic heterocycles. The van der Waals surface area contributed by atoms with Gasteiger partial charge in [-0.25, -0.2) is 27.8 Å². The van der Waals surface area contributed by atoms with Crippen LogP contribution in [0.1, 0.15) is 18.9 Å². The Kier molecular flexibility index (Phi) is 7.39. The SMILES string of the molecule is CCS(=O)(=O)Nc1cc(C)c(Oc2nccnc2-c2ccnc(NC3CNCC(F)C3)c2)c2ccccc12. The molecule has 2 aromatic carbocycles. The van der Waals surface area contributed by atoms with Crippen LogP contribution in [0.25, 0.3) is 22.0 Å². The molecule has 1 aliphatic rings. The molecule has 198 valence electrons. The van der Waals surface area contributed by atoms with E-state index < -0.39 is 16.2 Å². The number of piperidine rings is 1. The number of nitrogens with zero attached hydrogens (tertiary/aromatic N) is 3. The number of sulfonamides is 1. The van der Waals surface area contributed by atoms with E-state index in [-0.39, 0.29) is 11.8 Å². The quantitative estimate of drug-likeness (QED) is 0.298. The Labute approximate surface area is 220 Å². The van der Waals surface area contributed by atoms with Gasteiger partial charge in [-0.1, -0.05) is 24.3 Å². The fraction of sp³-hybridized carbons (Fsp3) is 0.296. The monoisotopic (exact) mass is 536 g/mol. The minimum absolute atomic E-state index is 0.0318. The van der Waals surface area contributed by atoms with Crippen molar-refractivity contribution in [2.45, 2.75) is 32.5 Å². The van der Waals surface area contributed by atoms with E-state index in [0.29, 0.717) is 53.7 Å². The Morgan fingerprint density at radius 3 is 2.63 bits per heavy atom. The van der Waals surface area contributed by atoms with Crippen molar-refractivity contribution in [1.29, 1.82) is 0 Å². The summed E-state index contributed by atoms with van der Waals surface area (Å²) in [5, 5.41) is 7.82. The zero-order valence-electron chi connectivity index (χ0n) is 21.1. The van der Waals surface area contributed by atoms with Crippen LogP contribution >= 0.6 is 0 Å². The molecule has 1 fully saturated rings. The summed E-state index contributed by atoms with van der Waals surface area (Å²) in [7, 11) is -3.46. The van der Waals surface area contributed by atoms with E-state index in [9.17, 15) is 12.8 Å². The number of rotatable bonds is 8. The van der Waals surface area contributed by atoms with Gasteiger partial charge in [0.05, 0.1) is 11.4 Å². The summed E-state index contributed by atoms with van der Waals surface area (Å²) in [5.74, 6) is 1.42. The topological polar surface area (TPSA) is 118 Å². The Balaban J connectivity index is 1.49. The first-order valence-electron chi connectivity index (χ1n) is 12.4. The number of benzene rings is 2. The number of aromatic nitrogens is 3. The van der Waals surface area contributed by atoms with Crippen molar-refractivity contribution in [2.24, 2.45) is 0 Å². The fourth-order valence-electron chi connectivity index (χ4n) is 4.51. The number of nitrogens with one attached hydrogen (secondary N) is 3. The summed E-state index contributed by atoms with van der Waals surface area (Å²) in [6.45, 7) is 4.47. The van der Waals surface area contributed by atoms with Crippen molar-refractivity contribution in [3.63, 3.8) is 0 Å². The highest BCUT2D eigenvalue weighted by molar-refractivity contribution is 7.92. The second-order valence-electron chi connectivity index (χ2n) is 9.20. The Hall–Kier alpha value is -3.83. The molecule has 1 saturated heterocycles. The minimum atomic E-state index is -3.46. The molecule has 5 rings (SSSR count). The molecule has 4 aromatic rings. The number of alkyl halides is 1. The predicted octanol–water partition coefficient (Wildman–Crippen LogP) is 4.67. The molecule has 3 N–H and O–H groups in total. The number of hydrogen-bond donors (Lipinski definition) is 3. The van der Waals surface area contributed by atoms with E-state index in [1.54, 1.807) is 31.6 Å². The highest BCUT2D eigenvalue weighted by Crippen LogP contribution is 2.39. The lowest BCUT2D eigenvalue weighted by Gasteiger charge is -2.26. The number of ether oxygens (including phenoxy) is 1. The zero-order valence-corrected chi connectivity index (χ0v) is 21.9. The molecule has 0 radical (unpaired) electrons. The van der Waals surface area contributed by atoms with Gasteiger partial charge in [-0.3, -0.25) is 4.72 Å². The van der Waals surface area contributed by atoms with E-state index in [0.717, 1.165) is 16.5 Å². The number of halogens is 1. The third-order valence-electron chi connectivity index (χ3n) is 6.37. The van der Waals surface area contributed by atoms with Crippen LogP contribution in [0.4, 0.5) is 15.9 Å². The Morgan fingerprint density at radius 1 is 1.05 bits per heavy atom. The molecule has 0 bridgehead atoms. The van der Waals surface area contributed by atoms with Gasteiger partial charge in [-0.15, -0.1) is 0 Å². The average molecular weight is 537 g/mol. The van der Waals surface area contributed by atoms with Crippen molar-refractivity contribution in [1.82, 2.24) is 20.3 Å². The van der Waals surface area contributed by atoms with Crippen LogP contribution in [0, 0.1) is 6.92 Å². The standard InChI is InChI=1S/C27H29FN6O3S/c1-3-38(35,36)34-23-12-17(2)26(22-7-5-4-6-21(22)23)37-27-25(31-10-11-32-27)18-8-9-30-24(13-18)33-20-14-19(28)15-29-16-20/h4-13,19-20,29,34H,3,14-16H2,1-2H3,(H,30,33). The molecule has 9 nitrogen and oxygen atoms in total. The van der Waals surface area contributed by atoms with Crippen molar-refractivity contribution < 1.29 is 17.5 Å². The van der Waals surface area contributed by atoms with Crippen molar-refractivity contribution in [2.75, 3.05) is 28.9 Å². The lowest BCUT2D eigenvalue weighted by Crippen LogP contribution is -2.44. The largest absolute Gasteiger partial charge is 0.436 e. The summed E-state index contributed by atoms with van der Waals surface area (Å²) >= 11 is 0. The first-order valence-corrected chi connectivity index (χ1v) is 14.1. The molecule has 0 aliphatic carbocycles. The first-order chi connectivity index (χ1) is 18.3. The molecule has 0 spiro atoms. The van der Waals surface area contributed by atoms with Gasteiger partial charge < -0.3 is 15.4 Å². The molecule has 3 heterocycles. The van der Waals surface area contributed by atoms with Gasteiger partial charge in [0.2, 0.25) is 15.9 Å². The molecule has 1 aliphatic heterocycles. The Bertz CT molecular complexity index is 1570. The fourth-order valence-corrected chi connectivity index (χ4v) is 5.16. The van der Waals surface area contributed by atoms with Crippen LogP contribution in [0.15, 0.2) is 61.1 Å². The molecular formula is C27H29FN6O3S. The summed E-state index contributed by atoms with van der Waals surface area (Å²) < 4.78 is 47.4. The lowest BCUT2D eigenvalue weighted by molar-refractivity contribution is 0.255. The molecule has 11 heteroatoms. The van der Waals surface area contributed by atoms with E-state index in [1.807, 2.05) is 43.3 Å². The van der Waals surface area contributed by atoms with Gasteiger partial charge in [0, 0.05) is 60.5 Å². The second-order valence-corrected chi connectivity index (χ2v) is 11.2. The van der Waals surface area contributed by atoms with Gasteiger partial charge in [-0.2, -0.15) is 0 Å². The minimum Gasteiger partial charge on any atom is -0.436 e. The Morgan fingerprint density at radius 2 is 1.84 bits per heavy atom. The summed E-state index contributed by atoms with van der Waals surface area (Å²) in [4.78, 5) is 13.4. The van der Waals surface area contributed by atoms with Crippen LogP contribution < -0.4 is 20.1 Å². The maximum Gasteiger partial charge on any atom is 0.246 e. The van der Waals surface area contributed by atoms with Crippen LogP contribution in [-0.2, 0) is 10.0 Å². The molecule has 0 saturated carbocycles. The molecular weight excluding hydrogens is 507 g/mol. The highest BCUT2D eigenvalue weighted by atomic mass is 32.2. The number of fused-ring (bicyclic) bond motifs is 1. The van der Waals surface area contributed by atoms with Gasteiger partial charge in [-0.05, 0) is 37.6 Å². The maximum absolute atomic E-state index is 13.8. The number of pyridine rings is 1. The van der Waals surface area contributed by atoms with Crippen molar-refractivity contribution in [3.8, 4) is 22.9 Å². The van der Waals surface area contributed by atoms with Crippen LogP contribution in [-0.4, -0.2) is 54.4 Å². The zero-order chi connectivity index (χ0) is 26.7. The van der Waals surface area contributed by atoms with E-state index in [4.69, 9.17) is 4.74 Å². The average Bonchev–Trinajstić information content (AvgIpc) is 2.91. The second kappa shape index (κ2) is 10.9. The van der Waals surface area contributed by atoms with Crippen LogP contribution in [0.2, 0.25) is 0 Å². The van der Waals surface area contributed by atoms with Crippen molar-refractivity contribution >= 4 is 32.3 Å². The third kappa shape index (κ3) is 5.68. The smallest absolute Gasteiger partial charge is 0.246 e. The molecule has 2 atom stereocenters. The van der Waals surface area contributed by atoms with E-state index in [1.165, 1.54) is 0 Å². The van der Waals surface area contributed by atoms with Gasteiger partial charge in [0.25, 0.3) is 0 Å². The summed E-state index contributed by atoms with van der Waals surface area (Å²) in [5.41, 5.74) is 2.48. The van der Waals surface area contributed by atoms with Crippen LogP contribution in [0.3, 0.4) is 0 Å². The summed E-state index contributed by atoms with van der Waals surface area (Å²) in [6, 6.07) is 12.8. The number of anilines is 2. The van der Waals surface area contributed by atoms with Crippen LogP contribution in [0.5, 0.6) is 11.6 Å². The highest BCUT2D eigenvalue weighted by Gasteiger charge is 2.22. The third-order valence-corrected chi connectivity index (χ3v) is 7.66. The molecule has 0 amide bonds. The predicted molar refractivity (Wildman–Crippen MR) is 147 cm³/mol. The summed E-state index contributed by atoms with van der Waals surface area (Å²) in [6.07, 6.45) is 4.31. The molecule has 2 unspecified atom stereocenters. The molecule has 38 heavy (non-hydrogen) atoms. The normalized spacial score (nSPS) is 17.8.